The molecule has 1 aliphatic heterocycles. The molecule has 1 aliphatic carbocycles. The fourth-order valence-electron chi connectivity index (χ4n) is 4.11. The maximum atomic E-state index is 12.5. The summed E-state index contributed by atoms with van der Waals surface area (Å²) in [6.45, 7) is 6.91. The highest BCUT2D eigenvalue weighted by molar-refractivity contribution is 5.94. The summed E-state index contributed by atoms with van der Waals surface area (Å²) in [4.78, 5) is 17.3. The number of likely N-dealkylation sites (N-methyl/N-ethyl adjacent to an activating group) is 1. The summed E-state index contributed by atoms with van der Waals surface area (Å²) >= 11 is 0. The van der Waals surface area contributed by atoms with Gasteiger partial charge in [-0.15, -0.1) is 24.8 Å². The van der Waals surface area contributed by atoms with E-state index < -0.39 is 0 Å². The predicted octanol–water partition coefficient (Wildman–Crippen LogP) is 3.32. The van der Waals surface area contributed by atoms with Gasteiger partial charge in [0.1, 0.15) is 0 Å². The van der Waals surface area contributed by atoms with Gasteiger partial charge in [-0.1, -0.05) is 37.8 Å². The molecule has 2 N–H and O–H groups in total. The van der Waals surface area contributed by atoms with E-state index >= 15 is 0 Å². The zero-order valence-corrected chi connectivity index (χ0v) is 19.3. The minimum Gasteiger partial charge on any atom is -0.351 e. The molecule has 1 aromatic carbocycles. The topological polar surface area (TPSA) is 47.6 Å². The number of nitrogens with zero attached hydrogens (tertiary/aromatic N) is 2. The molecule has 3 rings (SSSR count). The number of amides is 1. The van der Waals surface area contributed by atoms with E-state index in [4.69, 9.17) is 0 Å². The second kappa shape index (κ2) is 14.2. The van der Waals surface area contributed by atoms with Crippen LogP contribution in [-0.2, 0) is 6.54 Å². The van der Waals surface area contributed by atoms with Gasteiger partial charge in [0, 0.05) is 57.4 Å². The van der Waals surface area contributed by atoms with Crippen molar-refractivity contribution in [1.82, 2.24) is 20.4 Å². The highest BCUT2D eigenvalue weighted by Crippen LogP contribution is 2.16. The lowest BCUT2D eigenvalue weighted by molar-refractivity contribution is 0.0953. The molecule has 0 unspecified atom stereocenters. The van der Waals surface area contributed by atoms with Crippen LogP contribution < -0.4 is 10.6 Å². The van der Waals surface area contributed by atoms with Gasteiger partial charge in [0.05, 0.1) is 0 Å². The van der Waals surface area contributed by atoms with Gasteiger partial charge in [0.15, 0.2) is 0 Å². The Labute approximate surface area is 188 Å². The third kappa shape index (κ3) is 9.22. The van der Waals surface area contributed by atoms with Crippen LogP contribution in [0.25, 0.3) is 0 Å². The Bertz CT molecular complexity index is 586. The molecule has 1 aromatic rings. The standard InChI is InChI=1S/C22H36N4O.2ClH/c1-25-13-15-26(16-14-25)18-19-7-6-8-20(17-19)22(27)24-12-11-23-21-9-4-2-3-5-10-21;;/h6-8,17,21,23H,2-5,9-16,18H2,1H3,(H,24,27);2*1H. The van der Waals surface area contributed by atoms with Crippen LogP contribution in [0.4, 0.5) is 0 Å². The van der Waals surface area contributed by atoms with E-state index in [0.717, 1.165) is 44.8 Å². The monoisotopic (exact) mass is 444 g/mol. The van der Waals surface area contributed by atoms with Crippen molar-refractivity contribution in [2.45, 2.75) is 51.1 Å². The summed E-state index contributed by atoms with van der Waals surface area (Å²) in [6.07, 6.45) is 7.98. The van der Waals surface area contributed by atoms with Crippen LogP contribution in [0.15, 0.2) is 24.3 Å². The largest absolute Gasteiger partial charge is 0.351 e. The average Bonchev–Trinajstić information content (AvgIpc) is 2.96. The maximum absolute atomic E-state index is 12.5. The van der Waals surface area contributed by atoms with E-state index in [1.54, 1.807) is 0 Å². The van der Waals surface area contributed by atoms with E-state index in [1.165, 1.54) is 44.1 Å². The molecule has 7 heteroatoms. The predicted molar refractivity (Wildman–Crippen MR) is 126 cm³/mol. The Morgan fingerprint density at radius 3 is 2.38 bits per heavy atom. The Balaban J connectivity index is 0.00000210. The highest BCUT2D eigenvalue weighted by atomic mass is 35.5. The molecule has 0 spiro atoms. The van der Waals surface area contributed by atoms with Crippen LogP contribution in [0, 0.1) is 0 Å². The number of carbonyl (C=O) groups excluding carboxylic acids is 1. The average molecular weight is 445 g/mol. The summed E-state index contributed by atoms with van der Waals surface area (Å²) in [5.74, 6) is 0.0397. The summed E-state index contributed by atoms with van der Waals surface area (Å²) < 4.78 is 0. The molecule has 1 saturated carbocycles. The molecule has 2 fully saturated rings. The molecule has 0 radical (unpaired) electrons. The first kappa shape index (κ1) is 26.2. The maximum Gasteiger partial charge on any atom is 0.251 e. The van der Waals surface area contributed by atoms with Crippen molar-refractivity contribution >= 4 is 30.7 Å². The molecule has 1 saturated heterocycles. The van der Waals surface area contributed by atoms with Gasteiger partial charge in [-0.25, -0.2) is 0 Å². The number of hydrogen-bond acceptors (Lipinski definition) is 4. The summed E-state index contributed by atoms with van der Waals surface area (Å²) in [7, 11) is 2.17. The fraction of sp³-hybridized carbons (Fsp3) is 0.682. The lowest BCUT2D eigenvalue weighted by Crippen LogP contribution is -2.43. The first-order chi connectivity index (χ1) is 13.2. The quantitative estimate of drug-likeness (QED) is 0.500. The summed E-state index contributed by atoms with van der Waals surface area (Å²) in [5, 5.41) is 6.68. The second-order valence-corrected chi connectivity index (χ2v) is 8.18. The Kier molecular flexibility index (Phi) is 12.8. The van der Waals surface area contributed by atoms with Gasteiger partial charge in [0.2, 0.25) is 0 Å². The number of carbonyl (C=O) groups is 1. The molecule has 29 heavy (non-hydrogen) atoms. The molecule has 2 aliphatic rings. The lowest BCUT2D eigenvalue weighted by atomic mass is 10.1. The van der Waals surface area contributed by atoms with Crippen LogP contribution in [-0.4, -0.2) is 68.1 Å². The smallest absolute Gasteiger partial charge is 0.251 e. The lowest BCUT2D eigenvalue weighted by Gasteiger charge is -2.32. The van der Waals surface area contributed by atoms with Crippen LogP contribution in [0.2, 0.25) is 0 Å². The van der Waals surface area contributed by atoms with Crippen LogP contribution in [0.3, 0.4) is 0 Å². The summed E-state index contributed by atoms with van der Waals surface area (Å²) in [5.41, 5.74) is 2.00. The molecule has 0 atom stereocenters. The van der Waals surface area contributed by atoms with Gasteiger partial charge in [-0.3, -0.25) is 9.69 Å². The van der Waals surface area contributed by atoms with Crippen molar-refractivity contribution < 1.29 is 4.79 Å². The molecule has 0 aromatic heterocycles. The Morgan fingerprint density at radius 1 is 1.00 bits per heavy atom. The third-order valence-electron chi connectivity index (χ3n) is 5.89. The number of piperazine rings is 1. The molecule has 1 amide bonds. The highest BCUT2D eigenvalue weighted by Gasteiger charge is 2.15. The van der Waals surface area contributed by atoms with Crippen molar-refractivity contribution in [3.63, 3.8) is 0 Å². The number of benzene rings is 1. The van der Waals surface area contributed by atoms with Crippen molar-refractivity contribution in [3.8, 4) is 0 Å². The second-order valence-electron chi connectivity index (χ2n) is 8.18. The molecule has 0 bridgehead atoms. The zero-order valence-electron chi connectivity index (χ0n) is 17.7. The Morgan fingerprint density at radius 2 is 1.69 bits per heavy atom. The molecule has 166 valence electrons. The van der Waals surface area contributed by atoms with E-state index in [0.29, 0.717) is 12.6 Å². The van der Waals surface area contributed by atoms with Gasteiger partial charge < -0.3 is 15.5 Å². The van der Waals surface area contributed by atoms with Crippen molar-refractivity contribution in [1.29, 1.82) is 0 Å². The van der Waals surface area contributed by atoms with E-state index in [2.05, 4.69) is 33.5 Å². The number of nitrogens with one attached hydrogen (secondary N) is 2. The van der Waals surface area contributed by atoms with Crippen molar-refractivity contribution in [2.24, 2.45) is 0 Å². The van der Waals surface area contributed by atoms with Gasteiger partial charge >= 0.3 is 0 Å². The van der Waals surface area contributed by atoms with E-state index in [-0.39, 0.29) is 30.7 Å². The van der Waals surface area contributed by atoms with E-state index in [1.807, 2.05) is 18.2 Å². The van der Waals surface area contributed by atoms with Crippen LogP contribution >= 0.6 is 24.8 Å². The number of rotatable bonds is 7. The first-order valence-corrected chi connectivity index (χ1v) is 10.7. The van der Waals surface area contributed by atoms with Crippen molar-refractivity contribution in [2.75, 3.05) is 46.3 Å². The molecular weight excluding hydrogens is 407 g/mol. The minimum atomic E-state index is 0. The normalized spacial score (nSPS) is 18.9. The van der Waals surface area contributed by atoms with Crippen molar-refractivity contribution in [3.05, 3.63) is 35.4 Å². The number of hydrogen-bond donors (Lipinski definition) is 2. The summed E-state index contributed by atoms with van der Waals surface area (Å²) in [6, 6.07) is 8.73. The van der Waals surface area contributed by atoms with Crippen LogP contribution in [0.5, 0.6) is 0 Å². The molecule has 5 nitrogen and oxygen atoms in total. The SMILES string of the molecule is CN1CCN(Cc2cccc(C(=O)NCCNC3CCCCCC3)c2)CC1.Cl.Cl. The third-order valence-corrected chi connectivity index (χ3v) is 5.89. The van der Waals surface area contributed by atoms with Gasteiger partial charge in [0.25, 0.3) is 5.91 Å². The zero-order chi connectivity index (χ0) is 18.9. The Hall–Kier alpha value is -0.850. The van der Waals surface area contributed by atoms with E-state index in [9.17, 15) is 4.79 Å². The molecule has 1 heterocycles. The van der Waals surface area contributed by atoms with Gasteiger partial charge in [-0.2, -0.15) is 0 Å². The van der Waals surface area contributed by atoms with Gasteiger partial charge in [-0.05, 0) is 37.6 Å². The fourth-order valence-corrected chi connectivity index (χ4v) is 4.11. The molecular formula is C22H38Cl2N4O. The first-order valence-electron chi connectivity index (χ1n) is 10.7. The minimum absolute atomic E-state index is 0. The number of halogens is 2. The van der Waals surface area contributed by atoms with Crippen LogP contribution in [0.1, 0.15) is 54.4 Å².